The molecule has 0 aliphatic rings. The molecule has 0 amide bonds. The highest BCUT2D eigenvalue weighted by Crippen LogP contribution is 2.49. The van der Waals surface area contributed by atoms with Gasteiger partial charge in [0.05, 0.1) is 10.8 Å². The molecule has 0 unspecified atom stereocenters. The molecular weight excluding hydrogens is 571 g/mol. The van der Waals surface area contributed by atoms with E-state index >= 15 is 0 Å². The molecule has 7 aromatic rings. The van der Waals surface area contributed by atoms with Gasteiger partial charge in [-0.1, -0.05) is 200 Å². The van der Waals surface area contributed by atoms with Crippen molar-refractivity contribution in [3.8, 4) is 0 Å². The summed E-state index contributed by atoms with van der Waals surface area (Å²) in [6, 6.07) is 69.3. The lowest BCUT2D eigenvalue weighted by Gasteiger charge is -2.40. The third-order valence-corrected chi connectivity index (χ3v) is 9.36. The molecule has 0 heterocycles. The Balaban J connectivity index is 1.67. The van der Waals surface area contributed by atoms with Crippen molar-refractivity contribution in [3.05, 3.63) is 245 Å². The standard InChI is InChI=1S/C44H35BO2/c46-45(47)42-32-40(43(34-19-7-1-8-20-34,35-21-9-2-10-22-35)36-23-11-3-12-24-36)31-41(33-42)44(37-25-13-4-14-26-37,38-27-15-5-16-28-38)39-29-17-6-18-30-39/h1-33,46-47H. The molecule has 0 aromatic heterocycles. The summed E-state index contributed by atoms with van der Waals surface area (Å²) in [5, 5.41) is 22.0. The first kappa shape index (κ1) is 30.2. The summed E-state index contributed by atoms with van der Waals surface area (Å²) in [6.45, 7) is 0. The van der Waals surface area contributed by atoms with Crippen LogP contribution in [0.5, 0.6) is 0 Å². The Bertz CT molecular complexity index is 1690. The molecule has 7 aromatic carbocycles. The maximum absolute atomic E-state index is 11.0. The highest BCUT2D eigenvalue weighted by atomic mass is 16.4. The summed E-state index contributed by atoms with van der Waals surface area (Å²) >= 11 is 0. The van der Waals surface area contributed by atoms with Gasteiger partial charge >= 0.3 is 7.12 Å². The average molecular weight is 607 g/mol. The van der Waals surface area contributed by atoms with Crippen molar-refractivity contribution in [2.45, 2.75) is 10.8 Å². The third-order valence-electron chi connectivity index (χ3n) is 9.36. The zero-order chi connectivity index (χ0) is 32.1. The van der Waals surface area contributed by atoms with Gasteiger partial charge in [0.15, 0.2) is 0 Å². The van der Waals surface area contributed by atoms with E-state index in [1.54, 1.807) is 0 Å². The fourth-order valence-electron chi connectivity index (χ4n) is 7.36. The number of rotatable bonds is 9. The molecule has 0 aliphatic carbocycles. The minimum absolute atomic E-state index is 0.428. The van der Waals surface area contributed by atoms with Gasteiger partial charge in [0.2, 0.25) is 0 Å². The number of hydrogen-bond acceptors (Lipinski definition) is 2. The molecule has 2 nitrogen and oxygen atoms in total. The quantitative estimate of drug-likeness (QED) is 0.129. The molecule has 0 radical (unpaired) electrons. The molecule has 0 spiro atoms. The van der Waals surface area contributed by atoms with Crippen LogP contribution in [-0.2, 0) is 10.8 Å². The molecule has 226 valence electrons. The smallest absolute Gasteiger partial charge is 0.423 e. The summed E-state index contributed by atoms with van der Waals surface area (Å²) in [7, 11) is -1.69. The molecule has 3 heteroatoms. The largest absolute Gasteiger partial charge is 0.488 e. The van der Waals surface area contributed by atoms with Crippen LogP contribution in [0.15, 0.2) is 200 Å². The molecule has 47 heavy (non-hydrogen) atoms. The molecule has 0 saturated heterocycles. The van der Waals surface area contributed by atoms with Crippen molar-refractivity contribution < 1.29 is 10.0 Å². The number of benzene rings is 7. The van der Waals surface area contributed by atoms with E-state index in [4.69, 9.17) is 0 Å². The van der Waals surface area contributed by atoms with E-state index < -0.39 is 17.9 Å². The first-order valence-corrected chi connectivity index (χ1v) is 16.0. The second-order valence-electron chi connectivity index (χ2n) is 11.9. The Labute approximate surface area is 277 Å². The SMILES string of the molecule is OB(O)c1cc(C(c2ccccc2)(c2ccccc2)c2ccccc2)cc(C(c2ccccc2)(c2ccccc2)c2ccccc2)c1. The van der Waals surface area contributed by atoms with Gasteiger partial charge in [-0.05, 0) is 50.0 Å². The van der Waals surface area contributed by atoms with Crippen molar-refractivity contribution in [2.24, 2.45) is 0 Å². The van der Waals surface area contributed by atoms with Gasteiger partial charge in [-0.3, -0.25) is 0 Å². The zero-order valence-corrected chi connectivity index (χ0v) is 26.0. The Kier molecular flexibility index (Phi) is 8.41. The second kappa shape index (κ2) is 13.1. The van der Waals surface area contributed by atoms with Crippen molar-refractivity contribution >= 4 is 12.6 Å². The maximum Gasteiger partial charge on any atom is 0.488 e. The van der Waals surface area contributed by atoms with Crippen LogP contribution in [0.3, 0.4) is 0 Å². The summed E-state index contributed by atoms with van der Waals surface area (Å²) in [5.41, 5.74) is 7.24. The van der Waals surface area contributed by atoms with E-state index in [1.165, 1.54) is 0 Å². The monoisotopic (exact) mass is 606 g/mol. The van der Waals surface area contributed by atoms with Gasteiger partial charge in [-0.2, -0.15) is 0 Å². The van der Waals surface area contributed by atoms with E-state index in [-0.39, 0.29) is 0 Å². The fraction of sp³-hybridized carbons (Fsp3) is 0.0455. The molecule has 2 N–H and O–H groups in total. The molecule has 0 saturated carbocycles. The molecule has 7 rings (SSSR count). The molecule has 0 fully saturated rings. The highest BCUT2D eigenvalue weighted by Gasteiger charge is 2.43. The van der Waals surface area contributed by atoms with Gasteiger partial charge in [0.25, 0.3) is 0 Å². The van der Waals surface area contributed by atoms with Crippen LogP contribution in [-0.4, -0.2) is 17.2 Å². The Morgan fingerprint density at radius 1 is 0.277 bits per heavy atom. The average Bonchev–Trinajstić information content (AvgIpc) is 3.15. The van der Waals surface area contributed by atoms with Gasteiger partial charge in [-0.25, -0.2) is 0 Å². The predicted molar refractivity (Wildman–Crippen MR) is 193 cm³/mol. The van der Waals surface area contributed by atoms with Crippen LogP contribution >= 0.6 is 0 Å². The van der Waals surface area contributed by atoms with Crippen LogP contribution < -0.4 is 5.46 Å². The zero-order valence-electron chi connectivity index (χ0n) is 26.0. The van der Waals surface area contributed by atoms with E-state index in [0.29, 0.717) is 5.46 Å². The van der Waals surface area contributed by atoms with Crippen molar-refractivity contribution in [1.82, 2.24) is 0 Å². The van der Waals surface area contributed by atoms with Gasteiger partial charge < -0.3 is 10.0 Å². The topological polar surface area (TPSA) is 40.5 Å². The Hall–Kier alpha value is -5.48. The predicted octanol–water partition coefficient (Wildman–Crippen LogP) is 8.13. The van der Waals surface area contributed by atoms with Crippen LogP contribution in [0, 0.1) is 0 Å². The molecule has 0 bridgehead atoms. The first-order valence-electron chi connectivity index (χ1n) is 16.0. The maximum atomic E-state index is 11.0. The van der Waals surface area contributed by atoms with Crippen molar-refractivity contribution in [1.29, 1.82) is 0 Å². The van der Waals surface area contributed by atoms with E-state index in [0.717, 1.165) is 44.5 Å². The van der Waals surface area contributed by atoms with Gasteiger partial charge in [0.1, 0.15) is 0 Å². The van der Waals surface area contributed by atoms with Gasteiger partial charge in [0, 0.05) is 0 Å². The lowest BCUT2D eigenvalue weighted by Crippen LogP contribution is -2.39. The summed E-state index contributed by atoms with van der Waals surface area (Å²) in [6.07, 6.45) is 0. The summed E-state index contributed by atoms with van der Waals surface area (Å²) in [4.78, 5) is 0. The minimum Gasteiger partial charge on any atom is -0.423 e. The Morgan fingerprint density at radius 3 is 0.681 bits per heavy atom. The Morgan fingerprint density at radius 2 is 0.489 bits per heavy atom. The summed E-state index contributed by atoms with van der Waals surface area (Å²) in [5.74, 6) is 0. The van der Waals surface area contributed by atoms with Crippen LogP contribution in [0.2, 0.25) is 0 Å². The van der Waals surface area contributed by atoms with E-state index in [9.17, 15) is 10.0 Å². The van der Waals surface area contributed by atoms with E-state index in [1.807, 2.05) is 48.5 Å². The molecular formula is C44H35BO2. The lowest BCUT2D eigenvalue weighted by molar-refractivity contribution is 0.425. The normalized spacial score (nSPS) is 11.6. The van der Waals surface area contributed by atoms with Crippen LogP contribution in [0.25, 0.3) is 0 Å². The van der Waals surface area contributed by atoms with Gasteiger partial charge in [-0.15, -0.1) is 0 Å². The number of hydrogen-bond donors (Lipinski definition) is 2. The fourth-order valence-corrected chi connectivity index (χ4v) is 7.36. The minimum atomic E-state index is -1.69. The van der Waals surface area contributed by atoms with Crippen molar-refractivity contribution in [2.75, 3.05) is 0 Å². The van der Waals surface area contributed by atoms with Crippen LogP contribution in [0.4, 0.5) is 0 Å². The van der Waals surface area contributed by atoms with Crippen molar-refractivity contribution in [3.63, 3.8) is 0 Å². The highest BCUT2D eigenvalue weighted by molar-refractivity contribution is 6.58. The first-order chi connectivity index (χ1) is 23.1. The molecule has 0 atom stereocenters. The third kappa shape index (κ3) is 5.30. The summed E-state index contributed by atoms with van der Waals surface area (Å²) < 4.78 is 0. The van der Waals surface area contributed by atoms with Crippen LogP contribution in [0.1, 0.15) is 44.5 Å². The lowest BCUT2D eigenvalue weighted by atomic mass is 9.60. The van der Waals surface area contributed by atoms with E-state index in [2.05, 4.69) is 152 Å². The molecule has 0 aliphatic heterocycles. The second-order valence-corrected chi connectivity index (χ2v) is 11.9.